The molecule has 1 heterocycles. The molecule has 1 aromatic carbocycles. The van der Waals surface area contributed by atoms with E-state index in [0.29, 0.717) is 5.56 Å². The molecule has 0 bridgehead atoms. The van der Waals surface area contributed by atoms with Crippen molar-refractivity contribution in [3.8, 4) is 5.75 Å². The van der Waals surface area contributed by atoms with Gasteiger partial charge in [-0.1, -0.05) is 6.07 Å². The van der Waals surface area contributed by atoms with Crippen LogP contribution in [-0.2, 0) is 11.4 Å². The fraction of sp³-hybridized carbons (Fsp3) is 0.0714. The first-order chi connectivity index (χ1) is 9.56. The molecular weight excluding hydrogens is 347 g/mol. The minimum absolute atomic E-state index is 0.137. The van der Waals surface area contributed by atoms with E-state index in [0.717, 1.165) is 15.4 Å². The van der Waals surface area contributed by atoms with Crippen molar-refractivity contribution in [2.45, 2.75) is 6.61 Å². The van der Waals surface area contributed by atoms with Gasteiger partial charge >= 0.3 is 5.97 Å². The van der Waals surface area contributed by atoms with E-state index in [-0.39, 0.29) is 12.4 Å². The molecule has 0 amide bonds. The third-order valence-electron chi connectivity index (χ3n) is 2.42. The quantitative estimate of drug-likeness (QED) is 0.811. The minimum atomic E-state index is -1.08. The van der Waals surface area contributed by atoms with E-state index in [1.807, 2.05) is 11.4 Å². The van der Waals surface area contributed by atoms with Crippen LogP contribution in [0.25, 0.3) is 6.08 Å². The molecule has 2 rings (SSSR count). The van der Waals surface area contributed by atoms with Crippen LogP contribution in [0.2, 0.25) is 0 Å². The van der Waals surface area contributed by atoms with Crippen LogP contribution in [0.5, 0.6) is 5.75 Å². The Hall–Kier alpha value is -1.66. The molecule has 1 aromatic heterocycles. The molecule has 0 unspecified atom stereocenters. The highest BCUT2D eigenvalue weighted by Crippen LogP contribution is 2.26. The molecule has 20 heavy (non-hydrogen) atoms. The Balaban J connectivity index is 2.06. The van der Waals surface area contributed by atoms with Crippen LogP contribution in [0.4, 0.5) is 4.39 Å². The zero-order valence-electron chi connectivity index (χ0n) is 10.2. The van der Waals surface area contributed by atoms with Gasteiger partial charge in [-0.05, 0) is 51.1 Å². The fourth-order valence-electron chi connectivity index (χ4n) is 1.48. The van der Waals surface area contributed by atoms with Gasteiger partial charge in [0.05, 0.1) is 4.88 Å². The average Bonchev–Trinajstić information content (AvgIpc) is 2.81. The van der Waals surface area contributed by atoms with Crippen LogP contribution in [0.1, 0.15) is 10.4 Å². The standard InChI is InChI=1S/C14H10BrFO3S/c15-10-5-6-20-13(10)8-19-12-3-1-9(7-11(12)16)2-4-14(17)18/h1-7H,8H2,(H,17,18)/b4-2+. The summed E-state index contributed by atoms with van der Waals surface area (Å²) in [6, 6.07) is 6.22. The first kappa shape index (κ1) is 14.7. The second-order valence-electron chi connectivity index (χ2n) is 3.84. The number of hydrogen-bond acceptors (Lipinski definition) is 3. The molecule has 2 aromatic rings. The third kappa shape index (κ3) is 3.91. The van der Waals surface area contributed by atoms with E-state index in [2.05, 4.69) is 15.9 Å². The van der Waals surface area contributed by atoms with Crippen molar-refractivity contribution in [1.29, 1.82) is 0 Å². The molecule has 3 nitrogen and oxygen atoms in total. The van der Waals surface area contributed by atoms with Gasteiger partial charge in [0.2, 0.25) is 0 Å². The summed E-state index contributed by atoms with van der Waals surface area (Å²) in [7, 11) is 0. The van der Waals surface area contributed by atoms with Crippen LogP contribution >= 0.6 is 27.3 Å². The first-order valence-electron chi connectivity index (χ1n) is 5.61. The Kier molecular flexibility index (Phi) is 4.92. The molecule has 0 aliphatic rings. The zero-order chi connectivity index (χ0) is 14.5. The number of thiophene rings is 1. The maximum Gasteiger partial charge on any atom is 0.328 e. The average molecular weight is 357 g/mol. The van der Waals surface area contributed by atoms with Gasteiger partial charge in [-0.3, -0.25) is 0 Å². The summed E-state index contributed by atoms with van der Waals surface area (Å²) in [4.78, 5) is 11.4. The normalized spacial score (nSPS) is 10.9. The number of benzene rings is 1. The zero-order valence-corrected chi connectivity index (χ0v) is 12.6. The molecule has 0 radical (unpaired) electrons. The predicted molar refractivity (Wildman–Crippen MR) is 79.4 cm³/mol. The van der Waals surface area contributed by atoms with Crippen LogP contribution in [0.3, 0.4) is 0 Å². The fourth-order valence-corrected chi connectivity index (χ4v) is 2.85. The van der Waals surface area contributed by atoms with Gasteiger partial charge in [-0.15, -0.1) is 11.3 Å². The number of ether oxygens (including phenoxy) is 1. The first-order valence-corrected chi connectivity index (χ1v) is 7.29. The Labute approximate surface area is 127 Å². The van der Waals surface area contributed by atoms with Crippen molar-refractivity contribution in [3.05, 3.63) is 56.5 Å². The number of carboxylic acid groups (broad SMARTS) is 1. The summed E-state index contributed by atoms with van der Waals surface area (Å²) in [6.07, 6.45) is 2.28. The lowest BCUT2D eigenvalue weighted by molar-refractivity contribution is -0.131. The van der Waals surface area contributed by atoms with Crippen LogP contribution in [0, 0.1) is 5.82 Å². The molecule has 0 aliphatic heterocycles. The van der Waals surface area contributed by atoms with Gasteiger partial charge in [-0.25, -0.2) is 9.18 Å². The summed E-state index contributed by atoms with van der Waals surface area (Å²) in [5.41, 5.74) is 0.467. The largest absolute Gasteiger partial charge is 0.485 e. The van der Waals surface area contributed by atoms with Crippen LogP contribution in [0.15, 0.2) is 40.2 Å². The second kappa shape index (κ2) is 6.67. The van der Waals surface area contributed by atoms with Gasteiger partial charge in [0.1, 0.15) is 6.61 Å². The number of halogens is 2. The smallest absolute Gasteiger partial charge is 0.328 e. The van der Waals surface area contributed by atoms with Crippen molar-refractivity contribution >= 4 is 39.3 Å². The lowest BCUT2D eigenvalue weighted by Gasteiger charge is -2.07. The van der Waals surface area contributed by atoms with E-state index in [9.17, 15) is 9.18 Å². The van der Waals surface area contributed by atoms with Crippen LogP contribution in [-0.4, -0.2) is 11.1 Å². The molecule has 1 N–H and O–H groups in total. The topological polar surface area (TPSA) is 46.5 Å². The van der Waals surface area contributed by atoms with Crippen molar-refractivity contribution < 1.29 is 19.0 Å². The van der Waals surface area contributed by atoms with Crippen LogP contribution < -0.4 is 4.74 Å². The molecule has 6 heteroatoms. The Morgan fingerprint density at radius 2 is 2.25 bits per heavy atom. The second-order valence-corrected chi connectivity index (χ2v) is 5.70. The minimum Gasteiger partial charge on any atom is -0.485 e. The summed E-state index contributed by atoms with van der Waals surface area (Å²) in [5.74, 6) is -1.46. The van der Waals surface area contributed by atoms with Crippen molar-refractivity contribution in [2.75, 3.05) is 0 Å². The highest BCUT2D eigenvalue weighted by Gasteiger charge is 2.07. The summed E-state index contributed by atoms with van der Waals surface area (Å²) < 4.78 is 20.1. The molecular formula is C14H10BrFO3S. The van der Waals surface area contributed by atoms with Crippen molar-refractivity contribution in [2.24, 2.45) is 0 Å². The van der Waals surface area contributed by atoms with Gasteiger partial charge in [0.15, 0.2) is 11.6 Å². The van der Waals surface area contributed by atoms with Gasteiger partial charge in [0.25, 0.3) is 0 Å². The highest BCUT2D eigenvalue weighted by molar-refractivity contribution is 9.10. The number of aliphatic carboxylic acids is 1. The Morgan fingerprint density at radius 1 is 1.45 bits per heavy atom. The van der Waals surface area contributed by atoms with Gasteiger partial charge in [-0.2, -0.15) is 0 Å². The van der Waals surface area contributed by atoms with E-state index >= 15 is 0 Å². The Bertz CT molecular complexity index is 652. The van der Waals surface area contributed by atoms with E-state index < -0.39 is 11.8 Å². The molecule has 0 aliphatic carbocycles. The van der Waals surface area contributed by atoms with Gasteiger partial charge in [0, 0.05) is 10.5 Å². The molecule has 0 saturated carbocycles. The lowest BCUT2D eigenvalue weighted by Crippen LogP contribution is -1.96. The summed E-state index contributed by atoms with van der Waals surface area (Å²) in [5, 5.41) is 10.4. The van der Waals surface area contributed by atoms with Crippen molar-refractivity contribution in [1.82, 2.24) is 0 Å². The SMILES string of the molecule is O=C(O)/C=C/c1ccc(OCc2sccc2Br)c(F)c1. The maximum atomic E-state index is 13.8. The monoisotopic (exact) mass is 356 g/mol. The Morgan fingerprint density at radius 3 is 2.85 bits per heavy atom. The number of carbonyl (C=O) groups is 1. The molecule has 0 atom stereocenters. The van der Waals surface area contributed by atoms with E-state index in [1.165, 1.54) is 29.5 Å². The predicted octanol–water partition coefficient (Wildman–Crippen LogP) is 4.33. The molecule has 0 saturated heterocycles. The number of rotatable bonds is 5. The van der Waals surface area contributed by atoms with Crippen molar-refractivity contribution in [3.63, 3.8) is 0 Å². The highest BCUT2D eigenvalue weighted by atomic mass is 79.9. The molecule has 0 fully saturated rings. The molecule has 104 valence electrons. The number of hydrogen-bond donors (Lipinski definition) is 1. The third-order valence-corrected chi connectivity index (χ3v) is 4.32. The summed E-state index contributed by atoms with van der Waals surface area (Å²) >= 11 is 4.89. The van der Waals surface area contributed by atoms with Gasteiger partial charge < -0.3 is 9.84 Å². The van der Waals surface area contributed by atoms with E-state index in [1.54, 1.807) is 6.07 Å². The molecule has 0 spiro atoms. The number of carboxylic acids is 1. The summed E-state index contributed by atoms with van der Waals surface area (Å²) in [6.45, 7) is 0.277. The lowest BCUT2D eigenvalue weighted by atomic mass is 10.2. The maximum absolute atomic E-state index is 13.8. The van der Waals surface area contributed by atoms with E-state index in [4.69, 9.17) is 9.84 Å².